The van der Waals surface area contributed by atoms with Gasteiger partial charge in [0.05, 0.1) is 12.1 Å². The molecule has 84 valence electrons. The van der Waals surface area contributed by atoms with E-state index in [4.69, 9.17) is 22.1 Å². The van der Waals surface area contributed by atoms with Crippen LogP contribution in [-0.4, -0.2) is 13.7 Å². The third-order valence-electron chi connectivity index (χ3n) is 2.03. The Morgan fingerprint density at radius 3 is 2.60 bits per heavy atom. The lowest BCUT2D eigenvalue weighted by atomic mass is 10.1. The summed E-state index contributed by atoms with van der Waals surface area (Å²) in [6.45, 7) is -0.0728. The second kappa shape index (κ2) is 4.77. The molecule has 2 nitrogen and oxygen atoms in total. The fraction of sp³-hybridized carbons (Fsp3) is 0.400. The molecule has 0 atom stereocenters. The van der Waals surface area contributed by atoms with Crippen LogP contribution in [0.5, 0.6) is 5.75 Å². The molecule has 0 spiro atoms. The molecule has 0 amide bonds. The van der Waals surface area contributed by atoms with E-state index in [0.717, 1.165) is 0 Å². The third kappa shape index (κ3) is 2.79. The van der Waals surface area contributed by atoms with E-state index in [1.165, 1.54) is 25.3 Å². The zero-order valence-corrected chi connectivity index (χ0v) is 9.02. The SMILES string of the molecule is COc1ccc(C(F)(F)CCN)cc1Cl. The summed E-state index contributed by atoms with van der Waals surface area (Å²) >= 11 is 5.75. The van der Waals surface area contributed by atoms with Gasteiger partial charge in [0.1, 0.15) is 5.75 Å². The van der Waals surface area contributed by atoms with Crippen molar-refractivity contribution < 1.29 is 13.5 Å². The zero-order valence-electron chi connectivity index (χ0n) is 8.27. The van der Waals surface area contributed by atoms with Crippen LogP contribution in [0.3, 0.4) is 0 Å². The van der Waals surface area contributed by atoms with E-state index in [2.05, 4.69) is 0 Å². The molecule has 0 bridgehead atoms. The third-order valence-corrected chi connectivity index (χ3v) is 2.33. The lowest BCUT2D eigenvalue weighted by molar-refractivity contribution is -0.0107. The Bertz CT molecular complexity index is 344. The summed E-state index contributed by atoms with van der Waals surface area (Å²) in [5.41, 5.74) is 4.97. The average Bonchev–Trinajstić information content (AvgIpc) is 2.17. The molecule has 0 heterocycles. The molecule has 0 unspecified atom stereocenters. The molecule has 1 rings (SSSR count). The van der Waals surface area contributed by atoms with Crippen LogP contribution in [0, 0.1) is 0 Å². The van der Waals surface area contributed by atoms with Crippen LogP contribution in [0.2, 0.25) is 5.02 Å². The first-order chi connectivity index (χ1) is 7.01. The number of halogens is 3. The van der Waals surface area contributed by atoms with Gasteiger partial charge in [-0.2, -0.15) is 0 Å². The summed E-state index contributed by atoms with van der Waals surface area (Å²) in [7, 11) is 1.43. The largest absolute Gasteiger partial charge is 0.495 e. The first kappa shape index (κ1) is 12.2. The highest BCUT2D eigenvalue weighted by Crippen LogP contribution is 2.35. The zero-order chi connectivity index (χ0) is 11.5. The van der Waals surface area contributed by atoms with Crippen LogP contribution in [0.4, 0.5) is 8.78 Å². The maximum Gasteiger partial charge on any atom is 0.274 e. The first-order valence-electron chi connectivity index (χ1n) is 4.43. The van der Waals surface area contributed by atoms with Crippen LogP contribution in [0.25, 0.3) is 0 Å². The van der Waals surface area contributed by atoms with Crippen LogP contribution in [-0.2, 0) is 5.92 Å². The number of benzene rings is 1. The molecule has 0 aliphatic heterocycles. The molecule has 0 saturated heterocycles. The fourth-order valence-corrected chi connectivity index (χ4v) is 1.48. The Kier molecular flexibility index (Phi) is 3.88. The van der Waals surface area contributed by atoms with Crippen molar-refractivity contribution >= 4 is 11.6 Å². The number of methoxy groups -OCH3 is 1. The first-order valence-corrected chi connectivity index (χ1v) is 4.81. The highest BCUT2D eigenvalue weighted by atomic mass is 35.5. The molecule has 2 N–H and O–H groups in total. The van der Waals surface area contributed by atoms with Gasteiger partial charge in [-0.25, -0.2) is 8.78 Å². The summed E-state index contributed by atoms with van der Waals surface area (Å²) < 4.78 is 31.7. The van der Waals surface area contributed by atoms with Gasteiger partial charge in [0, 0.05) is 12.0 Å². The van der Waals surface area contributed by atoms with Gasteiger partial charge in [0.15, 0.2) is 0 Å². The minimum Gasteiger partial charge on any atom is -0.495 e. The van der Waals surface area contributed by atoms with Gasteiger partial charge >= 0.3 is 0 Å². The van der Waals surface area contributed by atoms with E-state index in [9.17, 15) is 8.78 Å². The lowest BCUT2D eigenvalue weighted by Gasteiger charge is -2.16. The van der Waals surface area contributed by atoms with Crippen molar-refractivity contribution in [2.45, 2.75) is 12.3 Å². The van der Waals surface area contributed by atoms with Crippen LogP contribution >= 0.6 is 11.6 Å². The van der Waals surface area contributed by atoms with Crippen LogP contribution in [0.15, 0.2) is 18.2 Å². The minimum absolute atomic E-state index is 0.0728. The van der Waals surface area contributed by atoms with Crippen molar-refractivity contribution in [3.8, 4) is 5.75 Å². The summed E-state index contributed by atoms with van der Waals surface area (Å²) in [4.78, 5) is 0. The minimum atomic E-state index is -2.94. The van der Waals surface area contributed by atoms with Crippen molar-refractivity contribution in [1.82, 2.24) is 0 Å². The van der Waals surface area contributed by atoms with Gasteiger partial charge in [-0.1, -0.05) is 11.6 Å². The number of nitrogens with two attached hydrogens (primary N) is 1. The molecular formula is C10H12ClF2NO. The number of alkyl halides is 2. The molecule has 0 aliphatic rings. The summed E-state index contributed by atoms with van der Waals surface area (Å²) in [5.74, 6) is -2.56. The number of ether oxygens (including phenoxy) is 1. The van der Waals surface area contributed by atoms with Gasteiger partial charge in [-0.05, 0) is 24.7 Å². The second-order valence-corrected chi connectivity index (χ2v) is 3.50. The highest BCUT2D eigenvalue weighted by molar-refractivity contribution is 6.32. The predicted octanol–water partition coefficient (Wildman–Crippen LogP) is 2.79. The molecule has 1 aromatic carbocycles. The maximum absolute atomic E-state index is 13.4. The predicted molar refractivity (Wildman–Crippen MR) is 55.6 cm³/mol. The number of rotatable bonds is 4. The van der Waals surface area contributed by atoms with E-state index in [1.54, 1.807) is 0 Å². The standard InChI is InChI=1S/C10H12ClF2NO/c1-15-9-3-2-7(6-8(9)11)10(12,13)4-5-14/h2-3,6H,4-5,14H2,1H3. The highest BCUT2D eigenvalue weighted by Gasteiger charge is 2.30. The van der Waals surface area contributed by atoms with Crippen molar-refractivity contribution in [1.29, 1.82) is 0 Å². The fourth-order valence-electron chi connectivity index (χ4n) is 1.22. The van der Waals surface area contributed by atoms with E-state index in [0.29, 0.717) is 5.75 Å². The van der Waals surface area contributed by atoms with E-state index in [-0.39, 0.29) is 17.1 Å². The molecule has 0 aliphatic carbocycles. The summed E-state index contributed by atoms with van der Waals surface area (Å²) in [6.07, 6.45) is -0.393. The summed E-state index contributed by atoms with van der Waals surface area (Å²) in [6, 6.07) is 3.92. The Labute approximate surface area is 92.0 Å². The monoisotopic (exact) mass is 235 g/mol. The van der Waals surface area contributed by atoms with Gasteiger partial charge in [-0.15, -0.1) is 0 Å². The lowest BCUT2D eigenvalue weighted by Crippen LogP contribution is -2.18. The molecule has 5 heteroatoms. The number of hydrogen-bond donors (Lipinski definition) is 1. The average molecular weight is 236 g/mol. The van der Waals surface area contributed by atoms with Gasteiger partial charge in [0.2, 0.25) is 0 Å². The van der Waals surface area contributed by atoms with Gasteiger partial charge < -0.3 is 10.5 Å². The van der Waals surface area contributed by atoms with E-state index in [1.807, 2.05) is 0 Å². The van der Waals surface area contributed by atoms with Crippen molar-refractivity contribution in [2.75, 3.05) is 13.7 Å². The summed E-state index contributed by atoms with van der Waals surface area (Å²) in [5, 5.41) is 0.173. The maximum atomic E-state index is 13.4. The van der Waals surface area contributed by atoms with Crippen LogP contribution < -0.4 is 10.5 Å². The molecule has 0 radical (unpaired) electrons. The Balaban J connectivity index is 3.01. The molecule has 15 heavy (non-hydrogen) atoms. The molecule has 1 aromatic rings. The van der Waals surface area contributed by atoms with Crippen molar-refractivity contribution in [3.05, 3.63) is 28.8 Å². The Morgan fingerprint density at radius 2 is 2.13 bits per heavy atom. The van der Waals surface area contributed by atoms with Gasteiger partial charge in [0.25, 0.3) is 5.92 Å². The van der Waals surface area contributed by atoms with Gasteiger partial charge in [-0.3, -0.25) is 0 Å². The van der Waals surface area contributed by atoms with Crippen molar-refractivity contribution in [3.63, 3.8) is 0 Å². The second-order valence-electron chi connectivity index (χ2n) is 3.09. The smallest absolute Gasteiger partial charge is 0.274 e. The van der Waals surface area contributed by atoms with E-state index < -0.39 is 12.3 Å². The quantitative estimate of drug-likeness (QED) is 0.871. The molecular weight excluding hydrogens is 224 g/mol. The molecule has 0 fully saturated rings. The normalized spacial score (nSPS) is 11.5. The Morgan fingerprint density at radius 1 is 1.47 bits per heavy atom. The van der Waals surface area contributed by atoms with Crippen molar-refractivity contribution in [2.24, 2.45) is 5.73 Å². The topological polar surface area (TPSA) is 35.2 Å². The Hall–Kier alpha value is -0.870. The van der Waals surface area contributed by atoms with Crippen LogP contribution in [0.1, 0.15) is 12.0 Å². The van der Waals surface area contributed by atoms with E-state index >= 15 is 0 Å². The number of hydrogen-bond acceptors (Lipinski definition) is 2. The molecule has 0 aromatic heterocycles. The molecule has 0 saturated carbocycles.